The monoisotopic (exact) mass is 494 g/mol. The van der Waals surface area contributed by atoms with Crippen LogP contribution in [0.3, 0.4) is 0 Å². The highest BCUT2D eigenvalue weighted by atomic mass is 35.5. The van der Waals surface area contributed by atoms with Crippen LogP contribution >= 0.6 is 23.7 Å². The lowest BCUT2D eigenvalue weighted by atomic mass is 10.0. The topological polar surface area (TPSA) is 92.2 Å². The molecule has 0 spiro atoms. The highest BCUT2D eigenvalue weighted by Crippen LogP contribution is 2.37. The molecule has 0 unspecified atom stereocenters. The van der Waals surface area contributed by atoms with Gasteiger partial charge in [-0.2, -0.15) is 0 Å². The Hall–Kier alpha value is -3.46. The molecular weight excluding hydrogens is 472 g/mol. The maximum absolute atomic E-state index is 13.5. The Morgan fingerprint density at radius 1 is 0.971 bits per heavy atom. The maximum Gasteiger partial charge on any atom is 0.320 e. The maximum atomic E-state index is 13.5. The van der Waals surface area contributed by atoms with Gasteiger partial charge in [-0.05, 0) is 31.2 Å². The van der Waals surface area contributed by atoms with Gasteiger partial charge in [0.2, 0.25) is 0 Å². The molecule has 1 saturated heterocycles. The van der Waals surface area contributed by atoms with Crippen molar-refractivity contribution in [3.8, 4) is 5.69 Å². The molecule has 5 rings (SSSR count). The number of anilines is 1. The van der Waals surface area contributed by atoms with Crippen LogP contribution in [0.2, 0.25) is 0 Å². The highest BCUT2D eigenvalue weighted by Gasteiger charge is 2.25. The van der Waals surface area contributed by atoms with E-state index in [0.29, 0.717) is 38.6 Å². The molecule has 0 saturated carbocycles. The van der Waals surface area contributed by atoms with Crippen molar-refractivity contribution in [2.75, 3.05) is 18.4 Å². The number of aromatic nitrogens is 1. The first-order valence-electron chi connectivity index (χ1n) is 10.7. The molecule has 4 aromatic rings. The van der Waals surface area contributed by atoms with Crippen molar-refractivity contribution in [1.29, 1.82) is 0 Å². The lowest BCUT2D eigenvalue weighted by Crippen LogP contribution is -2.39. The molecular formula is C25H23ClN4O3S. The minimum atomic E-state index is -0.369. The second-order valence-electron chi connectivity index (χ2n) is 7.85. The normalized spacial score (nSPS) is 15.0. The third-order valence-corrected chi connectivity index (χ3v) is 6.75. The van der Waals surface area contributed by atoms with E-state index in [-0.39, 0.29) is 35.8 Å². The number of halogens is 1. The zero-order valence-corrected chi connectivity index (χ0v) is 19.7. The number of hydrogen-bond donors (Lipinski definition) is 3. The van der Waals surface area contributed by atoms with Crippen LogP contribution in [0.15, 0.2) is 77.6 Å². The molecule has 0 bridgehead atoms. The average Bonchev–Trinajstić information content (AvgIpc) is 3.47. The number of para-hydroxylation sites is 1. The molecule has 2 amide bonds. The van der Waals surface area contributed by atoms with E-state index < -0.39 is 0 Å². The van der Waals surface area contributed by atoms with Crippen molar-refractivity contribution in [2.24, 2.45) is 0 Å². The molecule has 1 aliphatic heterocycles. The van der Waals surface area contributed by atoms with Crippen LogP contribution < -0.4 is 21.5 Å². The summed E-state index contributed by atoms with van der Waals surface area (Å²) in [7, 11) is 0. The van der Waals surface area contributed by atoms with E-state index in [9.17, 15) is 14.4 Å². The molecule has 0 aliphatic carbocycles. The number of carbonyl (C=O) groups is 2. The van der Waals surface area contributed by atoms with Crippen molar-refractivity contribution >= 4 is 50.8 Å². The van der Waals surface area contributed by atoms with E-state index in [4.69, 9.17) is 0 Å². The molecule has 3 N–H and O–H groups in total. The SMILES string of the molecule is Cl.O=C(Nc1sc2c(ccc(=O)n2-c2ccccc2)c1C(=O)c1ccccc1)N[C@@H]1CCNC1. The van der Waals surface area contributed by atoms with Crippen LogP contribution in [0.4, 0.5) is 9.80 Å². The Bertz CT molecular complexity index is 1380. The number of pyridine rings is 1. The number of nitrogens with one attached hydrogen (secondary N) is 3. The smallest absolute Gasteiger partial charge is 0.320 e. The van der Waals surface area contributed by atoms with Gasteiger partial charge in [-0.3, -0.25) is 19.5 Å². The van der Waals surface area contributed by atoms with Crippen LogP contribution in [0.1, 0.15) is 22.3 Å². The Balaban J connectivity index is 0.00000274. The van der Waals surface area contributed by atoms with E-state index >= 15 is 0 Å². The van der Waals surface area contributed by atoms with E-state index in [0.717, 1.165) is 13.0 Å². The predicted molar refractivity (Wildman–Crippen MR) is 138 cm³/mol. The Kier molecular flexibility index (Phi) is 7.12. The molecule has 34 heavy (non-hydrogen) atoms. The van der Waals surface area contributed by atoms with Gasteiger partial charge in [-0.1, -0.05) is 59.9 Å². The lowest BCUT2D eigenvalue weighted by molar-refractivity contribution is 0.104. The van der Waals surface area contributed by atoms with Crippen molar-refractivity contribution in [1.82, 2.24) is 15.2 Å². The zero-order valence-electron chi connectivity index (χ0n) is 18.1. The first-order chi connectivity index (χ1) is 16.1. The molecule has 174 valence electrons. The van der Waals surface area contributed by atoms with E-state index in [1.165, 1.54) is 17.4 Å². The van der Waals surface area contributed by atoms with Gasteiger partial charge >= 0.3 is 6.03 Å². The molecule has 1 aliphatic rings. The summed E-state index contributed by atoms with van der Waals surface area (Å²) >= 11 is 1.22. The van der Waals surface area contributed by atoms with Crippen LogP contribution in [0, 0.1) is 0 Å². The number of amides is 2. The van der Waals surface area contributed by atoms with Gasteiger partial charge in [0.1, 0.15) is 9.83 Å². The standard InChI is InChI=1S/C25H22N4O3S.ClH/c30-20-12-11-19-21(22(31)16-7-3-1-4-8-16)23(28-25(32)27-17-13-14-26-15-17)33-24(19)29(20)18-9-5-2-6-10-18;/h1-12,17,26H,13-15H2,(H2,27,28,32);1H/t17-;/m1./s1. The van der Waals surface area contributed by atoms with Crippen LogP contribution in [0.25, 0.3) is 15.9 Å². The summed E-state index contributed by atoms with van der Waals surface area (Å²) in [5.41, 5.74) is 1.38. The lowest BCUT2D eigenvalue weighted by Gasteiger charge is -2.12. The molecule has 2 aromatic heterocycles. The summed E-state index contributed by atoms with van der Waals surface area (Å²) in [5.74, 6) is -0.210. The van der Waals surface area contributed by atoms with Gasteiger partial charge < -0.3 is 10.6 Å². The first-order valence-corrected chi connectivity index (χ1v) is 11.6. The molecule has 1 atom stereocenters. The number of carbonyl (C=O) groups excluding carboxylic acids is 2. The Labute approximate surface area is 206 Å². The summed E-state index contributed by atoms with van der Waals surface area (Å²) in [6.07, 6.45) is 0.850. The van der Waals surface area contributed by atoms with E-state index in [1.54, 1.807) is 34.9 Å². The number of hydrogen-bond acceptors (Lipinski definition) is 5. The van der Waals surface area contributed by atoms with Crippen molar-refractivity contribution in [3.63, 3.8) is 0 Å². The van der Waals surface area contributed by atoms with Crippen LogP contribution in [-0.4, -0.2) is 35.5 Å². The largest absolute Gasteiger partial charge is 0.334 e. The van der Waals surface area contributed by atoms with E-state index in [2.05, 4.69) is 16.0 Å². The van der Waals surface area contributed by atoms with Crippen LogP contribution in [-0.2, 0) is 0 Å². The summed E-state index contributed by atoms with van der Waals surface area (Å²) in [6.45, 7) is 1.57. The molecule has 7 nitrogen and oxygen atoms in total. The van der Waals surface area contributed by atoms with Crippen LogP contribution in [0.5, 0.6) is 0 Å². The summed E-state index contributed by atoms with van der Waals surface area (Å²) in [4.78, 5) is 39.7. The highest BCUT2D eigenvalue weighted by molar-refractivity contribution is 7.23. The number of ketones is 1. The third-order valence-electron chi connectivity index (χ3n) is 5.64. The van der Waals surface area contributed by atoms with E-state index in [1.807, 2.05) is 36.4 Å². The number of benzene rings is 2. The summed E-state index contributed by atoms with van der Waals surface area (Å²) < 4.78 is 1.58. The molecule has 3 heterocycles. The molecule has 1 fully saturated rings. The van der Waals surface area contributed by atoms with Crippen molar-refractivity contribution in [2.45, 2.75) is 12.5 Å². The minimum Gasteiger partial charge on any atom is -0.334 e. The van der Waals surface area contributed by atoms with Crippen molar-refractivity contribution in [3.05, 3.63) is 94.3 Å². The number of thiophene rings is 1. The van der Waals surface area contributed by atoms with Gasteiger partial charge in [0.05, 0.1) is 11.3 Å². The number of urea groups is 1. The van der Waals surface area contributed by atoms with Gasteiger partial charge in [-0.25, -0.2) is 4.79 Å². The Morgan fingerprint density at radius 3 is 2.35 bits per heavy atom. The Morgan fingerprint density at radius 2 is 1.68 bits per heavy atom. The number of nitrogens with zero attached hydrogens (tertiary/aromatic N) is 1. The third kappa shape index (κ3) is 4.61. The molecule has 0 radical (unpaired) electrons. The van der Waals surface area contributed by atoms with Crippen molar-refractivity contribution < 1.29 is 9.59 Å². The van der Waals surface area contributed by atoms with Gasteiger partial charge in [0, 0.05) is 29.6 Å². The summed E-state index contributed by atoms with van der Waals surface area (Å²) in [5, 5.41) is 10.1. The quantitative estimate of drug-likeness (QED) is 0.363. The number of rotatable bonds is 5. The molecule has 9 heteroatoms. The van der Waals surface area contributed by atoms with Gasteiger partial charge in [0.25, 0.3) is 5.56 Å². The predicted octanol–water partition coefficient (Wildman–Crippen LogP) is 4.19. The zero-order chi connectivity index (χ0) is 22.8. The molecule has 2 aromatic carbocycles. The van der Waals surface area contributed by atoms with Gasteiger partial charge in [-0.15, -0.1) is 12.4 Å². The first kappa shape index (κ1) is 23.7. The summed E-state index contributed by atoms with van der Waals surface area (Å²) in [6, 6.07) is 21.0. The second-order valence-corrected chi connectivity index (χ2v) is 8.85. The average molecular weight is 495 g/mol. The van der Waals surface area contributed by atoms with Gasteiger partial charge in [0.15, 0.2) is 5.78 Å². The second kappa shape index (κ2) is 10.2. The number of fused-ring (bicyclic) bond motifs is 1. The minimum absolute atomic E-state index is 0. The fraction of sp³-hybridized carbons (Fsp3) is 0.160. The fourth-order valence-electron chi connectivity index (χ4n) is 4.05. The fourth-order valence-corrected chi connectivity index (χ4v) is 5.26.